The second-order valence-electron chi connectivity index (χ2n) is 5.00. The first-order chi connectivity index (χ1) is 7.81. The van der Waals surface area contributed by atoms with E-state index < -0.39 is 6.10 Å². The largest absolute Gasteiger partial charge is 0.496 e. The first kappa shape index (κ1) is 14.3. The Hall–Kier alpha value is -0.740. The van der Waals surface area contributed by atoms with Crippen LogP contribution in [0.25, 0.3) is 0 Å². The van der Waals surface area contributed by atoms with E-state index in [9.17, 15) is 5.11 Å². The van der Waals surface area contributed by atoms with Gasteiger partial charge in [0.1, 0.15) is 11.5 Å². The lowest BCUT2D eigenvalue weighted by atomic mass is 9.84. The van der Waals surface area contributed by atoms with E-state index in [1.54, 1.807) is 20.3 Å². The van der Waals surface area contributed by atoms with Crippen molar-refractivity contribution in [3.05, 3.63) is 22.2 Å². The maximum absolute atomic E-state index is 10.3. The fourth-order valence-corrected chi connectivity index (χ4v) is 2.05. The standard InChI is InChI=1S/C13H19BrO3/c1-13(2,3)12(15)8-6-11(17-5)9(14)7-10(8)16-4/h6-7,12,15H,1-5H3. The summed E-state index contributed by atoms with van der Waals surface area (Å²) in [6.45, 7) is 5.93. The van der Waals surface area contributed by atoms with Gasteiger partial charge in [-0.15, -0.1) is 0 Å². The van der Waals surface area contributed by atoms with Crippen molar-refractivity contribution in [1.29, 1.82) is 0 Å². The summed E-state index contributed by atoms with van der Waals surface area (Å²) in [4.78, 5) is 0. The van der Waals surface area contributed by atoms with Gasteiger partial charge in [-0.05, 0) is 33.5 Å². The van der Waals surface area contributed by atoms with Gasteiger partial charge in [-0.25, -0.2) is 0 Å². The van der Waals surface area contributed by atoms with E-state index >= 15 is 0 Å². The van der Waals surface area contributed by atoms with E-state index in [0.717, 1.165) is 10.0 Å². The van der Waals surface area contributed by atoms with Gasteiger partial charge in [0.15, 0.2) is 0 Å². The van der Waals surface area contributed by atoms with Crippen LogP contribution in [0.5, 0.6) is 11.5 Å². The van der Waals surface area contributed by atoms with Gasteiger partial charge in [0.2, 0.25) is 0 Å². The maximum Gasteiger partial charge on any atom is 0.133 e. The second-order valence-corrected chi connectivity index (χ2v) is 5.85. The molecule has 4 heteroatoms. The third-order valence-corrected chi connectivity index (χ3v) is 3.24. The van der Waals surface area contributed by atoms with E-state index in [2.05, 4.69) is 15.9 Å². The lowest BCUT2D eigenvalue weighted by Gasteiger charge is -2.28. The van der Waals surface area contributed by atoms with Crippen molar-refractivity contribution in [2.45, 2.75) is 26.9 Å². The average Bonchev–Trinajstić information content (AvgIpc) is 2.26. The lowest BCUT2D eigenvalue weighted by molar-refractivity contribution is 0.0602. The molecule has 1 N–H and O–H groups in total. The Morgan fingerprint density at radius 2 is 1.65 bits per heavy atom. The number of hydrogen-bond donors (Lipinski definition) is 1. The smallest absolute Gasteiger partial charge is 0.133 e. The first-order valence-corrected chi connectivity index (χ1v) is 6.20. The van der Waals surface area contributed by atoms with Gasteiger partial charge in [0.25, 0.3) is 0 Å². The number of hydrogen-bond acceptors (Lipinski definition) is 3. The summed E-state index contributed by atoms with van der Waals surface area (Å²) in [6.07, 6.45) is -0.612. The third-order valence-electron chi connectivity index (χ3n) is 2.62. The van der Waals surface area contributed by atoms with Crippen molar-refractivity contribution in [1.82, 2.24) is 0 Å². The number of halogens is 1. The highest BCUT2D eigenvalue weighted by Gasteiger charge is 2.27. The average molecular weight is 303 g/mol. The molecular formula is C13H19BrO3. The van der Waals surface area contributed by atoms with Crippen molar-refractivity contribution in [2.24, 2.45) is 5.41 Å². The first-order valence-electron chi connectivity index (χ1n) is 5.40. The van der Waals surface area contributed by atoms with Crippen LogP contribution in [0.2, 0.25) is 0 Å². The van der Waals surface area contributed by atoms with Crippen LogP contribution >= 0.6 is 15.9 Å². The van der Waals surface area contributed by atoms with Crippen LogP contribution < -0.4 is 9.47 Å². The van der Waals surface area contributed by atoms with Crippen LogP contribution in [-0.4, -0.2) is 19.3 Å². The maximum atomic E-state index is 10.3. The molecule has 17 heavy (non-hydrogen) atoms. The molecule has 0 amide bonds. The topological polar surface area (TPSA) is 38.7 Å². The Morgan fingerprint density at radius 3 is 2.06 bits per heavy atom. The molecule has 1 atom stereocenters. The number of aliphatic hydroxyl groups is 1. The van der Waals surface area contributed by atoms with E-state index in [1.807, 2.05) is 26.8 Å². The Morgan fingerprint density at radius 1 is 1.12 bits per heavy atom. The van der Waals surface area contributed by atoms with Crippen molar-refractivity contribution in [3.8, 4) is 11.5 Å². The Labute approximate surface area is 111 Å². The fourth-order valence-electron chi connectivity index (χ4n) is 1.56. The van der Waals surface area contributed by atoms with Crippen molar-refractivity contribution < 1.29 is 14.6 Å². The van der Waals surface area contributed by atoms with Gasteiger partial charge < -0.3 is 14.6 Å². The SMILES string of the molecule is COc1cc(C(O)C(C)(C)C)c(OC)cc1Br. The molecule has 0 aliphatic heterocycles. The summed E-state index contributed by atoms with van der Waals surface area (Å²) in [5.41, 5.74) is 0.478. The molecular weight excluding hydrogens is 284 g/mol. The highest BCUT2D eigenvalue weighted by atomic mass is 79.9. The van der Waals surface area contributed by atoms with Crippen LogP contribution in [0, 0.1) is 5.41 Å². The normalized spacial score (nSPS) is 13.4. The molecule has 0 saturated carbocycles. The molecule has 1 aromatic rings. The monoisotopic (exact) mass is 302 g/mol. The molecule has 1 unspecified atom stereocenters. The molecule has 0 fully saturated rings. The zero-order valence-electron chi connectivity index (χ0n) is 10.9. The molecule has 0 saturated heterocycles. The molecule has 0 aliphatic carbocycles. The molecule has 0 bridgehead atoms. The van der Waals surface area contributed by atoms with Gasteiger partial charge in [-0.1, -0.05) is 20.8 Å². The number of ether oxygens (including phenoxy) is 2. The Kier molecular flexibility index (Phi) is 4.44. The highest BCUT2D eigenvalue weighted by molar-refractivity contribution is 9.10. The molecule has 3 nitrogen and oxygen atoms in total. The lowest BCUT2D eigenvalue weighted by Crippen LogP contribution is -2.18. The molecule has 0 spiro atoms. The van der Waals surface area contributed by atoms with Crippen LogP contribution in [0.15, 0.2) is 16.6 Å². The number of methoxy groups -OCH3 is 2. The summed E-state index contributed by atoms with van der Waals surface area (Å²) >= 11 is 3.40. The minimum absolute atomic E-state index is 0.258. The van der Waals surface area contributed by atoms with Crippen molar-refractivity contribution in [2.75, 3.05) is 14.2 Å². The second kappa shape index (κ2) is 5.27. The van der Waals surface area contributed by atoms with Crippen molar-refractivity contribution in [3.63, 3.8) is 0 Å². The summed E-state index contributed by atoms with van der Waals surface area (Å²) in [7, 11) is 3.19. The van der Waals surface area contributed by atoms with Crippen LogP contribution in [0.1, 0.15) is 32.4 Å². The van der Waals surface area contributed by atoms with Crippen LogP contribution in [0.4, 0.5) is 0 Å². The van der Waals surface area contributed by atoms with Crippen LogP contribution in [-0.2, 0) is 0 Å². The predicted octanol–water partition coefficient (Wildman–Crippen LogP) is 3.55. The van der Waals surface area contributed by atoms with E-state index in [4.69, 9.17) is 9.47 Å². The van der Waals surface area contributed by atoms with Crippen LogP contribution in [0.3, 0.4) is 0 Å². The fraction of sp³-hybridized carbons (Fsp3) is 0.538. The molecule has 96 valence electrons. The van der Waals surface area contributed by atoms with Crippen molar-refractivity contribution >= 4 is 15.9 Å². The van der Waals surface area contributed by atoms with E-state index in [-0.39, 0.29) is 5.41 Å². The third kappa shape index (κ3) is 3.13. The summed E-state index contributed by atoms with van der Waals surface area (Å²) in [5.74, 6) is 1.34. The zero-order chi connectivity index (χ0) is 13.2. The summed E-state index contributed by atoms with van der Waals surface area (Å²) in [6, 6.07) is 3.61. The number of benzene rings is 1. The minimum Gasteiger partial charge on any atom is -0.496 e. The Balaban J connectivity index is 3.30. The Bertz CT molecular complexity index is 396. The molecule has 0 radical (unpaired) electrons. The molecule has 0 aromatic heterocycles. The molecule has 0 heterocycles. The quantitative estimate of drug-likeness (QED) is 0.928. The van der Waals surface area contributed by atoms with Gasteiger partial charge in [0, 0.05) is 5.56 Å². The molecule has 0 aliphatic rings. The zero-order valence-corrected chi connectivity index (χ0v) is 12.5. The predicted molar refractivity (Wildman–Crippen MR) is 71.7 cm³/mol. The number of rotatable bonds is 3. The summed E-state index contributed by atoms with van der Waals surface area (Å²) < 4.78 is 11.3. The van der Waals surface area contributed by atoms with Gasteiger partial charge in [-0.2, -0.15) is 0 Å². The highest BCUT2D eigenvalue weighted by Crippen LogP contribution is 2.41. The molecule has 1 rings (SSSR count). The van der Waals surface area contributed by atoms with Gasteiger partial charge >= 0.3 is 0 Å². The van der Waals surface area contributed by atoms with E-state index in [1.165, 1.54) is 0 Å². The summed E-state index contributed by atoms with van der Waals surface area (Å²) in [5, 5.41) is 10.3. The minimum atomic E-state index is -0.612. The van der Waals surface area contributed by atoms with Gasteiger partial charge in [0.05, 0.1) is 24.8 Å². The number of aliphatic hydroxyl groups excluding tert-OH is 1. The molecule has 1 aromatic carbocycles. The van der Waals surface area contributed by atoms with Gasteiger partial charge in [-0.3, -0.25) is 0 Å². The van der Waals surface area contributed by atoms with E-state index in [0.29, 0.717) is 11.5 Å².